The lowest BCUT2D eigenvalue weighted by molar-refractivity contribution is -0.167. The van der Waals surface area contributed by atoms with Gasteiger partial charge in [0.25, 0.3) is 5.91 Å². The summed E-state index contributed by atoms with van der Waals surface area (Å²) < 4.78 is 11.0. The van der Waals surface area contributed by atoms with Gasteiger partial charge in [-0.15, -0.1) is 0 Å². The highest BCUT2D eigenvalue weighted by Gasteiger charge is 2.41. The van der Waals surface area contributed by atoms with Gasteiger partial charge in [0.2, 0.25) is 5.91 Å². The van der Waals surface area contributed by atoms with E-state index in [9.17, 15) is 9.59 Å². The molecule has 0 radical (unpaired) electrons. The van der Waals surface area contributed by atoms with Crippen LogP contribution in [0.1, 0.15) is 22.9 Å². The Kier molecular flexibility index (Phi) is 4.90. The molecule has 0 spiro atoms. The number of aryl methyl sites for hydroxylation is 1. The van der Waals surface area contributed by atoms with Crippen LogP contribution < -0.4 is 0 Å². The first-order valence-electron chi connectivity index (χ1n) is 8.18. The molecule has 1 aromatic heterocycles. The highest BCUT2D eigenvalue weighted by Crippen LogP contribution is 2.30. The van der Waals surface area contributed by atoms with Crippen LogP contribution in [-0.4, -0.2) is 48.4 Å². The van der Waals surface area contributed by atoms with Crippen molar-refractivity contribution in [1.82, 2.24) is 9.80 Å². The van der Waals surface area contributed by atoms with Gasteiger partial charge >= 0.3 is 0 Å². The van der Waals surface area contributed by atoms with Crippen molar-refractivity contribution >= 4 is 11.8 Å². The van der Waals surface area contributed by atoms with Crippen molar-refractivity contribution in [1.29, 1.82) is 0 Å². The second kappa shape index (κ2) is 7.11. The number of carbonyl (C=O) groups excluding carboxylic acids is 2. The fourth-order valence-electron chi connectivity index (χ4n) is 3.01. The molecule has 1 aliphatic heterocycles. The molecule has 0 N–H and O–H groups in total. The first-order chi connectivity index (χ1) is 12.0. The molecule has 2 amide bonds. The lowest BCUT2D eigenvalue weighted by Gasteiger charge is -2.39. The fraction of sp³-hybridized carbons (Fsp3) is 0.368. The minimum Gasteiger partial charge on any atom is -0.467 e. The smallest absolute Gasteiger partial charge is 0.254 e. The van der Waals surface area contributed by atoms with Crippen LogP contribution >= 0.6 is 0 Å². The zero-order valence-corrected chi connectivity index (χ0v) is 14.6. The third-order valence-corrected chi connectivity index (χ3v) is 4.50. The maximum Gasteiger partial charge on any atom is 0.254 e. The van der Waals surface area contributed by atoms with Gasteiger partial charge in [0.15, 0.2) is 6.10 Å². The molecule has 0 bridgehead atoms. The zero-order valence-electron chi connectivity index (χ0n) is 14.6. The van der Waals surface area contributed by atoms with Gasteiger partial charge in [-0.3, -0.25) is 9.59 Å². The van der Waals surface area contributed by atoms with E-state index in [1.165, 1.54) is 0 Å². The molecule has 132 valence electrons. The van der Waals surface area contributed by atoms with Crippen LogP contribution in [0.4, 0.5) is 0 Å². The first kappa shape index (κ1) is 17.2. The maximum absolute atomic E-state index is 12.9. The Labute approximate surface area is 147 Å². The molecule has 1 fully saturated rings. The van der Waals surface area contributed by atoms with Crippen molar-refractivity contribution in [3.63, 3.8) is 0 Å². The van der Waals surface area contributed by atoms with Gasteiger partial charge in [0.05, 0.1) is 18.8 Å². The molecule has 25 heavy (non-hydrogen) atoms. The van der Waals surface area contributed by atoms with Gasteiger partial charge < -0.3 is 19.0 Å². The lowest BCUT2D eigenvalue weighted by atomic mass is 9.96. The van der Waals surface area contributed by atoms with Crippen LogP contribution in [0.25, 0.3) is 0 Å². The summed E-state index contributed by atoms with van der Waals surface area (Å²) in [5.74, 6) is 0.382. The molecule has 2 atom stereocenters. The molecule has 1 aliphatic rings. The van der Waals surface area contributed by atoms with Crippen LogP contribution in [0.15, 0.2) is 47.1 Å². The summed E-state index contributed by atoms with van der Waals surface area (Å²) >= 11 is 0. The standard InChI is InChI=1S/C19H22N2O4/c1-13-6-8-14(9-7-13)17-18(25-12-16(22)21(17)3)19(23)20(2)11-15-5-4-10-24-15/h4-10,17-18H,11-12H2,1-3H3/t17-,18+/m0/s1. The fourth-order valence-corrected chi connectivity index (χ4v) is 3.01. The summed E-state index contributed by atoms with van der Waals surface area (Å²) in [4.78, 5) is 28.2. The summed E-state index contributed by atoms with van der Waals surface area (Å²) in [5, 5.41) is 0. The van der Waals surface area contributed by atoms with Crippen molar-refractivity contribution in [3.05, 3.63) is 59.5 Å². The Morgan fingerprint density at radius 3 is 2.64 bits per heavy atom. The number of likely N-dealkylation sites (N-methyl/N-ethyl adjacent to an activating group) is 2. The summed E-state index contributed by atoms with van der Waals surface area (Å²) in [7, 11) is 3.42. The SMILES string of the molecule is Cc1ccc([C@H]2[C@H](C(=O)N(C)Cc3ccco3)OCC(=O)N2C)cc1. The quantitative estimate of drug-likeness (QED) is 0.854. The Morgan fingerprint density at radius 2 is 2.00 bits per heavy atom. The van der Waals surface area contributed by atoms with E-state index in [0.717, 1.165) is 11.1 Å². The summed E-state index contributed by atoms with van der Waals surface area (Å²) in [6, 6.07) is 11.0. The van der Waals surface area contributed by atoms with Gasteiger partial charge in [-0.25, -0.2) is 0 Å². The number of benzene rings is 1. The molecule has 0 saturated carbocycles. The Bertz CT molecular complexity index is 739. The van der Waals surface area contributed by atoms with Gasteiger partial charge in [-0.2, -0.15) is 0 Å². The van der Waals surface area contributed by atoms with Crippen LogP contribution in [-0.2, 0) is 20.9 Å². The number of furan rings is 1. The molecule has 1 aromatic carbocycles. The molecule has 3 rings (SSSR count). The number of nitrogens with zero attached hydrogens (tertiary/aromatic N) is 2. The van der Waals surface area contributed by atoms with Crippen molar-refractivity contribution in [2.24, 2.45) is 0 Å². The monoisotopic (exact) mass is 342 g/mol. The molecule has 0 unspecified atom stereocenters. The Hall–Kier alpha value is -2.60. The predicted molar refractivity (Wildman–Crippen MR) is 91.6 cm³/mol. The lowest BCUT2D eigenvalue weighted by Crippen LogP contribution is -2.53. The van der Waals surface area contributed by atoms with E-state index in [4.69, 9.17) is 9.15 Å². The zero-order chi connectivity index (χ0) is 18.0. The average Bonchev–Trinajstić information content (AvgIpc) is 3.10. The first-order valence-corrected chi connectivity index (χ1v) is 8.18. The third-order valence-electron chi connectivity index (χ3n) is 4.50. The van der Waals surface area contributed by atoms with E-state index in [2.05, 4.69) is 0 Å². The van der Waals surface area contributed by atoms with E-state index >= 15 is 0 Å². The van der Waals surface area contributed by atoms with Crippen molar-refractivity contribution in [2.45, 2.75) is 25.6 Å². The van der Waals surface area contributed by atoms with Crippen molar-refractivity contribution in [3.8, 4) is 0 Å². The van der Waals surface area contributed by atoms with E-state index < -0.39 is 12.1 Å². The summed E-state index contributed by atoms with van der Waals surface area (Å²) in [6.07, 6.45) is 0.831. The van der Waals surface area contributed by atoms with Crippen LogP contribution in [0.5, 0.6) is 0 Å². The summed E-state index contributed by atoms with van der Waals surface area (Å²) in [5.41, 5.74) is 2.00. The second-order valence-electron chi connectivity index (χ2n) is 6.37. The van der Waals surface area contributed by atoms with E-state index in [1.807, 2.05) is 37.3 Å². The van der Waals surface area contributed by atoms with E-state index in [1.54, 1.807) is 36.2 Å². The molecular weight excluding hydrogens is 320 g/mol. The van der Waals surface area contributed by atoms with Gasteiger partial charge in [0.1, 0.15) is 12.4 Å². The van der Waals surface area contributed by atoms with Crippen molar-refractivity contribution < 1.29 is 18.7 Å². The summed E-state index contributed by atoms with van der Waals surface area (Å²) in [6.45, 7) is 2.25. The number of rotatable bonds is 4. The van der Waals surface area contributed by atoms with E-state index in [-0.39, 0.29) is 18.4 Å². The molecule has 0 aliphatic carbocycles. The second-order valence-corrected chi connectivity index (χ2v) is 6.37. The molecule has 1 saturated heterocycles. The molecular formula is C19H22N2O4. The molecule has 2 aromatic rings. The highest BCUT2D eigenvalue weighted by molar-refractivity contribution is 5.86. The Morgan fingerprint density at radius 1 is 1.28 bits per heavy atom. The Balaban J connectivity index is 1.84. The number of amides is 2. The third kappa shape index (κ3) is 3.58. The van der Waals surface area contributed by atoms with Crippen LogP contribution in [0.3, 0.4) is 0 Å². The number of hydrogen-bond donors (Lipinski definition) is 0. The number of carbonyl (C=O) groups is 2. The van der Waals surface area contributed by atoms with E-state index in [0.29, 0.717) is 12.3 Å². The normalized spacial score (nSPS) is 20.6. The van der Waals surface area contributed by atoms with Gasteiger partial charge in [0, 0.05) is 14.1 Å². The maximum atomic E-state index is 12.9. The number of hydrogen-bond acceptors (Lipinski definition) is 4. The molecule has 2 heterocycles. The highest BCUT2D eigenvalue weighted by atomic mass is 16.5. The molecule has 6 heteroatoms. The largest absolute Gasteiger partial charge is 0.467 e. The predicted octanol–water partition coefficient (Wildman–Crippen LogP) is 2.14. The van der Waals surface area contributed by atoms with Crippen molar-refractivity contribution in [2.75, 3.05) is 20.7 Å². The minimum absolute atomic E-state index is 0.0934. The van der Waals surface area contributed by atoms with Gasteiger partial charge in [-0.05, 0) is 24.6 Å². The number of ether oxygens (including phenoxy) is 1. The van der Waals surface area contributed by atoms with Crippen LogP contribution in [0.2, 0.25) is 0 Å². The van der Waals surface area contributed by atoms with Gasteiger partial charge in [-0.1, -0.05) is 29.8 Å². The average molecular weight is 342 g/mol. The topological polar surface area (TPSA) is 63.0 Å². The molecule has 6 nitrogen and oxygen atoms in total. The number of morpholine rings is 1. The minimum atomic E-state index is -0.745. The van der Waals surface area contributed by atoms with Crippen LogP contribution in [0, 0.1) is 6.92 Å².